The van der Waals surface area contributed by atoms with E-state index in [2.05, 4.69) is 4.90 Å². The van der Waals surface area contributed by atoms with E-state index in [1.54, 1.807) is 17.0 Å². The third-order valence-electron chi connectivity index (χ3n) is 7.25. The number of carboxylic acids is 1. The van der Waals surface area contributed by atoms with Crippen LogP contribution in [-0.2, 0) is 16.0 Å². The van der Waals surface area contributed by atoms with E-state index in [9.17, 15) is 19.1 Å². The Kier molecular flexibility index (Phi) is 6.53. The average Bonchev–Trinajstić information content (AvgIpc) is 3.21. The minimum Gasteiger partial charge on any atom is -0.480 e. The summed E-state index contributed by atoms with van der Waals surface area (Å²) >= 11 is 0. The summed E-state index contributed by atoms with van der Waals surface area (Å²) in [6, 6.07) is 22.8. The SMILES string of the molecule is O=C(O)[C@@H]1C[C@H](N2CCCCc3cc(F)ccc32)CN1C(=O)C(c1ccccc1)c1ccccc1. The molecule has 2 atom stereocenters. The van der Waals surface area contributed by atoms with Gasteiger partial charge in [0.2, 0.25) is 5.91 Å². The van der Waals surface area contributed by atoms with Gasteiger partial charge in [-0.3, -0.25) is 4.79 Å². The van der Waals surface area contributed by atoms with E-state index in [0.717, 1.165) is 48.2 Å². The van der Waals surface area contributed by atoms with E-state index in [-0.39, 0.29) is 17.8 Å². The van der Waals surface area contributed by atoms with Crippen molar-refractivity contribution in [3.63, 3.8) is 0 Å². The second-order valence-electron chi connectivity index (χ2n) is 9.41. The molecular formula is C29H29FN2O3. The number of aliphatic carboxylic acids is 1. The van der Waals surface area contributed by atoms with Gasteiger partial charge in [-0.25, -0.2) is 9.18 Å². The molecule has 6 heteroatoms. The number of amides is 1. The number of benzene rings is 3. The number of nitrogens with zero attached hydrogens (tertiary/aromatic N) is 2. The highest BCUT2D eigenvalue weighted by Gasteiger charge is 2.44. The predicted octanol–water partition coefficient (Wildman–Crippen LogP) is 4.85. The number of hydrogen-bond donors (Lipinski definition) is 1. The molecular weight excluding hydrogens is 443 g/mol. The van der Waals surface area contributed by atoms with Gasteiger partial charge in [0.15, 0.2) is 0 Å². The van der Waals surface area contributed by atoms with Crippen LogP contribution in [-0.4, -0.2) is 47.1 Å². The van der Waals surface area contributed by atoms with Crippen molar-refractivity contribution in [3.05, 3.63) is 101 Å². The van der Waals surface area contributed by atoms with E-state index in [1.165, 1.54) is 6.07 Å². The Balaban J connectivity index is 1.49. The van der Waals surface area contributed by atoms with Crippen LogP contribution in [0.25, 0.3) is 0 Å². The lowest BCUT2D eigenvalue weighted by Gasteiger charge is -2.32. The van der Waals surface area contributed by atoms with Crippen LogP contribution in [0.3, 0.4) is 0 Å². The molecule has 2 heterocycles. The molecule has 5 nitrogen and oxygen atoms in total. The lowest BCUT2D eigenvalue weighted by molar-refractivity contribution is -0.148. The number of fused-ring (bicyclic) bond motifs is 1. The molecule has 2 aliphatic rings. The molecule has 3 aromatic rings. The maximum absolute atomic E-state index is 14.0. The van der Waals surface area contributed by atoms with E-state index in [0.29, 0.717) is 13.0 Å². The highest BCUT2D eigenvalue weighted by Crippen LogP contribution is 2.35. The van der Waals surface area contributed by atoms with E-state index < -0.39 is 17.9 Å². The Labute approximate surface area is 204 Å². The van der Waals surface area contributed by atoms with Crippen molar-refractivity contribution in [2.75, 3.05) is 18.0 Å². The maximum atomic E-state index is 14.0. The predicted molar refractivity (Wildman–Crippen MR) is 133 cm³/mol. The van der Waals surface area contributed by atoms with E-state index in [1.807, 2.05) is 60.7 Å². The molecule has 0 saturated carbocycles. The van der Waals surface area contributed by atoms with Crippen molar-refractivity contribution in [2.45, 2.75) is 43.7 Å². The molecule has 0 unspecified atom stereocenters. The first-order valence-corrected chi connectivity index (χ1v) is 12.2. The minimum atomic E-state index is -0.991. The summed E-state index contributed by atoms with van der Waals surface area (Å²) in [4.78, 5) is 30.1. The zero-order valence-corrected chi connectivity index (χ0v) is 19.5. The molecule has 1 saturated heterocycles. The Bertz CT molecular complexity index is 1160. The second-order valence-corrected chi connectivity index (χ2v) is 9.41. The van der Waals surface area contributed by atoms with Crippen LogP contribution < -0.4 is 4.90 Å². The van der Waals surface area contributed by atoms with Crippen LogP contribution in [0.15, 0.2) is 78.9 Å². The zero-order valence-electron chi connectivity index (χ0n) is 19.5. The fourth-order valence-corrected chi connectivity index (χ4v) is 5.58. The van der Waals surface area contributed by atoms with Crippen molar-refractivity contribution < 1.29 is 19.1 Å². The molecule has 2 aliphatic heterocycles. The summed E-state index contributed by atoms with van der Waals surface area (Å²) in [6.45, 7) is 1.08. The van der Waals surface area contributed by atoms with Crippen LogP contribution >= 0.6 is 0 Å². The van der Waals surface area contributed by atoms with Gasteiger partial charge in [0.05, 0.1) is 5.92 Å². The number of hydrogen-bond acceptors (Lipinski definition) is 3. The quantitative estimate of drug-likeness (QED) is 0.577. The molecule has 1 fully saturated rings. The summed E-state index contributed by atoms with van der Waals surface area (Å²) in [5.74, 6) is -2.03. The summed E-state index contributed by atoms with van der Waals surface area (Å²) < 4.78 is 13.9. The van der Waals surface area contributed by atoms with Gasteiger partial charge in [-0.15, -0.1) is 0 Å². The zero-order chi connectivity index (χ0) is 24.4. The minimum absolute atomic E-state index is 0.144. The van der Waals surface area contributed by atoms with Crippen LogP contribution in [0.5, 0.6) is 0 Å². The molecule has 0 radical (unpaired) electrons. The second kappa shape index (κ2) is 9.90. The topological polar surface area (TPSA) is 60.9 Å². The van der Waals surface area contributed by atoms with E-state index >= 15 is 0 Å². The molecule has 0 aromatic heterocycles. The van der Waals surface area contributed by atoms with Gasteiger partial charge >= 0.3 is 5.97 Å². The number of rotatable bonds is 5. The number of aryl methyl sites for hydroxylation is 1. The third-order valence-corrected chi connectivity index (χ3v) is 7.25. The molecule has 0 aliphatic carbocycles. The summed E-state index contributed by atoms with van der Waals surface area (Å²) in [5.41, 5.74) is 3.58. The lowest BCUT2D eigenvalue weighted by atomic mass is 9.90. The summed E-state index contributed by atoms with van der Waals surface area (Å²) in [5, 5.41) is 10.1. The van der Waals surface area contributed by atoms with Crippen molar-refractivity contribution in [2.24, 2.45) is 0 Å². The first-order chi connectivity index (χ1) is 17.0. The van der Waals surface area contributed by atoms with Crippen LogP contribution in [0.1, 0.15) is 41.9 Å². The summed E-state index contributed by atoms with van der Waals surface area (Å²) in [6.07, 6.45) is 3.03. The first-order valence-electron chi connectivity index (χ1n) is 12.2. The van der Waals surface area contributed by atoms with E-state index in [4.69, 9.17) is 0 Å². The number of carbonyl (C=O) groups excluding carboxylic acids is 1. The monoisotopic (exact) mass is 472 g/mol. The van der Waals surface area contributed by atoms with Crippen LogP contribution in [0.2, 0.25) is 0 Å². The first kappa shape index (κ1) is 23.1. The van der Waals surface area contributed by atoms with Crippen molar-refractivity contribution in [1.82, 2.24) is 4.90 Å². The molecule has 35 heavy (non-hydrogen) atoms. The van der Waals surface area contributed by atoms with Gasteiger partial charge in [-0.05, 0) is 54.2 Å². The number of carbonyl (C=O) groups is 2. The highest BCUT2D eigenvalue weighted by atomic mass is 19.1. The molecule has 3 aromatic carbocycles. The molecule has 0 spiro atoms. The molecule has 1 amide bonds. The maximum Gasteiger partial charge on any atom is 0.326 e. The highest BCUT2D eigenvalue weighted by molar-refractivity contribution is 5.91. The van der Waals surface area contributed by atoms with Gasteiger partial charge in [0, 0.05) is 31.2 Å². The van der Waals surface area contributed by atoms with Crippen molar-refractivity contribution in [1.29, 1.82) is 0 Å². The Hall–Kier alpha value is -3.67. The van der Waals surface area contributed by atoms with Gasteiger partial charge in [-0.1, -0.05) is 60.7 Å². The Morgan fingerprint density at radius 1 is 0.914 bits per heavy atom. The molecule has 180 valence electrons. The third kappa shape index (κ3) is 4.65. The standard InChI is InChI=1S/C29H29FN2O3/c30-23-14-15-25-22(17-23)13-7-8-16-31(25)24-18-26(29(34)35)32(19-24)28(33)27(20-9-3-1-4-10-20)21-11-5-2-6-12-21/h1-6,9-12,14-15,17,24,26-27H,7-8,13,16,18-19H2,(H,34,35)/t24-,26-/m0/s1. The Morgan fingerprint density at radius 3 is 2.20 bits per heavy atom. The molecule has 0 bridgehead atoms. The number of carboxylic acid groups (broad SMARTS) is 1. The van der Waals surface area contributed by atoms with Gasteiger partial charge < -0.3 is 14.9 Å². The Morgan fingerprint density at radius 2 is 1.57 bits per heavy atom. The molecule has 1 N–H and O–H groups in total. The van der Waals surface area contributed by atoms with Gasteiger partial charge in [0.1, 0.15) is 11.9 Å². The van der Waals surface area contributed by atoms with Crippen molar-refractivity contribution in [3.8, 4) is 0 Å². The lowest BCUT2D eigenvalue weighted by Crippen LogP contribution is -2.44. The fourth-order valence-electron chi connectivity index (χ4n) is 5.58. The van der Waals surface area contributed by atoms with Gasteiger partial charge in [-0.2, -0.15) is 0 Å². The number of halogens is 1. The fraction of sp³-hybridized carbons (Fsp3) is 0.310. The van der Waals surface area contributed by atoms with Crippen LogP contribution in [0, 0.1) is 5.82 Å². The largest absolute Gasteiger partial charge is 0.480 e. The number of anilines is 1. The smallest absolute Gasteiger partial charge is 0.326 e. The van der Waals surface area contributed by atoms with Crippen molar-refractivity contribution >= 4 is 17.6 Å². The number of likely N-dealkylation sites (tertiary alicyclic amines) is 1. The molecule has 5 rings (SSSR count). The normalized spacial score (nSPS) is 19.9. The summed E-state index contributed by atoms with van der Waals surface area (Å²) in [7, 11) is 0. The van der Waals surface area contributed by atoms with Crippen LogP contribution in [0.4, 0.5) is 10.1 Å². The van der Waals surface area contributed by atoms with Gasteiger partial charge in [0.25, 0.3) is 0 Å². The average molecular weight is 473 g/mol.